The second-order valence-electron chi connectivity index (χ2n) is 16.3. The molecule has 12 atom stereocenters. The average molecular weight is 629 g/mol. The van der Waals surface area contributed by atoms with E-state index < -0.39 is 69.1 Å². The van der Waals surface area contributed by atoms with E-state index in [0.29, 0.717) is 44.4 Å². The Hall–Kier alpha value is -2.71. The van der Waals surface area contributed by atoms with Gasteiger partial charge in [-0.15, -0.1) is 0 Å². The van der Waals surface area contributed by atoms with E-state index in [1.54, 1.807) is 0 Å². The lowest BCUT2D eigenvalue weighted by Gasteiger charge is -2.71. The van der Waals surface area contributed by atoms with Crippen LogP contribution in [-0.2, 0) is 38.2 Å². The van der Waals surface area contributed by atoms with Crippen molar-refractivity contribution in [1.82, 2.24) is 0 Å². The van der Waals surface area contributed by atoms with Crippen molar-refractivity contribution in [3.8, 4) is 0 Å². The first kappa shape index (κ1) is 33.6. The van der Waals surface area contributed by atoms with Crippen molar-refractivity contribution in [2.24, 2.45) is 56.7 Å². The van der Waals surface area contributed by atoms with E-state index in [0.717, 1.165) is 12.0 Å². The maximum atomic E-state index is 14.8. The van der Waals surface area contributed by atoms with Gasteiger partial charge in [0.05, 0.1) is 5.41 Å². The Morgan fingerprint density at radius 2 is 1.53 bits per heavy atom. The zero-order valence-electron chi connectivity index (χ0n) is 28.5. The molecule has 4 saturated carbocycles. The fourth-order valence-corrected chi connectivity index (χ4v) is 11.7. The molecule has 0 aromatic carbocycles. The van der Waals surface area contributed by atoms with E-state index in [-0.39, 0.29) is 30.1 Å². The quantitative estimate of drug-likeness (QED) is 0.291. The lowest BCUT2D eigenvalue weighted by molar-refractivity contribution is -0.252. The van der Waals surface area contributed by atoms with E-state index in [9.17, 15) is 29.1 Å². The first-order valence-electron chi connectivity index (χ1n) is 16.8. The lowest BCUT2D eigenvalue weighted by atomic mass is 9.33. The molecule has 0 saturated heterocycles. The van der Waals surface area contributed by atoms with E-state index in [1.165, 1.54) is 20.8 Å². The Bertz CT molecular complexity index is 1340. The van der Waals surface area contributed by atoms with Gasteiger partial charge in [-0.3, -0.25) is 24.0 Å². The smallest absolute Gasteiger partial charge is 0.310 e. The van der Waals surface area contributed by atoms with Crippen LogP contribution in [0.3, 0.4) is 0 Å². The molecule has 9 nitrogen and oxygen atoms in total. The van der Waals surface area contributed by atoms with Crippen molar-refractivity contribution >= 4 is 29.7 Å². The highest BCUT2D eigenvalue weighted by Crippen LogP contribution is 2.75. The predicted octanol–water partition coefficient (Wildman–Crippen LogP) is 5.92. The SMILES string of the molecule is CC(=O)OC[C@@]1(C)[C@@H]2CC[C@]3(C)[C@H](C(=O)C=C4[C@@H]5[C@@H](C)[C@H](C)CC[C@]5(C(=O)O)CC[C@]43C)[C@@]2(C)C[C@@H](OC(C)=O)[C@@H]1OC(C)=O. The first-order valence-corrected chi connectivity index (χ1v) is 16.8. The third kappa shape index (κ3) is 4.71. The second-order valence-corrected chi connectivity index (χ2v) is 16.3. The monoisotopic (exact) mass is 628 g/mol. The van der Waals surface area contributed by atoms with Gasteiger partial charge in [0.1, 0.15) is 18.8 Å². The normalized spacial score (nSPS) is 47.1. The maximum Gasteiger partial charge on any atom is 0.310 e. The third-order valence-corrected chi connectivity index (χ3v) is 14.0. The van der Waals surface area contributed by atoms with Gasteiger partial charge in [-0.2, -0.15) is 0 Å². The van der Waals surface area contributed by atoms with Gasteiger partial charge in [0.25, 0.3) is 0 Å². The van der Waals surface area contributed by atoms with Crippen LogP contribution in [0.25, 0.3) is 0 Å². The fraction of sp³-hybridized carbons (Fsp3) is 0.806. The molecule has 0 heterocycles. The number of carboxylic acid groups (broad SMARTS) is 1. The number of hydrogen-bond acceptors (Lipinski definition) is 8. The summed E-state index contributed by atoms with van der Waals surface area (Å²) in [7, 11) is 0. The zero-order valence-corrected chi connectivity index (χ0v) is 28.5. The highest BCUT2D eigenvalue weighted by molar-refractivity contribution is 5.96. The molecule has 0 radical (unpaired) electrons. The molecule has 4 fully saturated rings. The van der Waals surface area contributed by atoms with Crippen molar-refractivity contribution in [2.45, 2.75) is 119 Å². The number of esters is 3. The second kappa shape index (κ2) is 10.9. The molecule has 0 aliphatic heterocycles. The molecule has 5 aliphatic rings. The highest BCUT2D eigenvalue weighted by atomic mass is 16.6. The van der Waals surface area contributed by atoms with Gasteiger partial charge < -0.3 is 19.3 Å². The minimum Gasteiger partial charge on any atom is -0.481 e. The molecule has 0 spiro atoms. The van der Waals surface area contributed by atoms with Gasteiger partial charge in [-0.25, -0.2) is 0 Å². The van der Waals surface area contributed by atoms with E-state index in [4.69, 9.17) is 14.2 Å². The number of ketones is 1. The van der Waals surface area contributed by atoms with Crippen molar-refractivity contribution in [1.29, 1.82) is 0 Å². The van der Waals surface area contributed by atoms with Crippen LogP contribution in [0.2, 0.25) is 0 Å². The standard InChI is InChI=1S/C36H52O9/c1-19-10-13-36(31(41)42)15-14-34(8)24(28(36)20(19)2)16-25(40)29-32(6)17-26(44-22(4)38)30(45-23(5)39)33(7,18-43-21(3)37)27(32)11-12-35(29,34)9/h16,19-20,26-30H,10-15,17-18H2,1-9H3,(H,41,42)/t19-,20+,26-,27-,28+,29-,30+,32+,33+,34-,35-,36+/m1/s1. The number of fused-ring (bicyclic) bond motifs is 7. The number of allylic oxidation sites excluding steroid dienone is 2. The van der Waals surface area contributed by atoms with Crippen LogP contribution >= 0.6 is 0 Å². The number of ether oxygens (including phenoxy) is 3. The molecule has 9 heteroatoms. The average Bonchev–Trinajstić information content (AvgIpc) is 2.92. The largest absolute Gasteiger partial charge is 0.481 e. The first-order chi connectivity index (χ1) is 20.8. The summed E-state index contributed by atoms with van der Waals surface area (Å²) in [5.41, 5.74) is -2.41. The lowest BCUT2D eigenvalue weighted by Crippen LogP contribution is -2.70. The summed E-state index contributed by atoms with van der Waals surface area (Å²) in [6, 6.07) is 0. The van der Waals surface area contributed by atoms with Crippen molar-refractivity contribution in [2.75, 3.05) is 6.61 Å². The van der Waals surface area contributed by atoms with E-state index in [1.807, 2.05) is 13.0 Å². The predicted molar refractivity (Wildman–Crippen MR) is 164 cm³/mol. The van der Waals surface area contributed by atoms with Gasteiger partial charge >= 0.3 is 23.9 Å². The van der Waals surface area contributed by atoms with E-state index in [2.05, 4.69) is 34.6 Å². The third-order valence-electron chi connectivity index (χ3n) is 14.0. The van der Waals surface area contributed by atoms with Crippen molar-refractivity contribution in [3.05, 3.63) is 11.6 Å². The van der Waals surface area contributed by atoms with Crippen LogP contribution in [0, 0.1) is 56.7 Å². The Labute approximate surface area is 267 Å². The van der Waals surface area contributed by atoms with Crippen molar-refractivity contribution in [3.63, 3.8) is 0 Å². The van der Waals surface area contributed by atoms with Crippen LogP contribution in [0.4, 0.5) is 0 Å². The molecule has 0 amide bonds. The number of hydrogen-bond donors (Lipinski definition) is 1. The van der Waals surface area contributed by atoms with Crippen LogP contribution in [0.1, 0.15) is 107 Å². The summed E-state index contributed by atoms with van der Waals surface area (Å²) in [6.45, 7) is 16.8. The number of carboxylic acids is 1. The zero-order chi connectivity index (χ0) is 33.5. The summed E-state index contributed by atoms with van der Waals surface area (Å²) in [4.78, 5) is 64.8. The van der Waals surface area contributed by atoms with Crippen molar-refractivity contribution < 1.29 is 43.3 Å². The Balaban J connectivity index is 1.67. The summed E-state index contributed by atoms with van der Waals surface area (Å²) in [5.74, 6) is -2.67. The molecule has 0 aromatic heterocycles. The molecule has 0 unspecified atom stereocenters. The number of aliphatic carboxylic acids is 1. The van der Waals surface area contributed by atoms with Crippen LogP contribution in [0.5, 0.6) is 0 Å². The fourth-order valence-electron chi connectivity index (χ4n) is 11.7. The number of rotatable bonds is 5. The Kier molecular flexibility index (Phi) is 8.18. The number of carbonyl (C=O) groups is 5. The van der Waals surface area contributed by atoms with Crippen LogP contribution in [-0.4, -0.2) is 53.6 Å². The minimum absolute atomic E-state index is 0.00821. The van der Waals surface area contributed by atoms with Gasteiger partial charge in [-0.1, -0.05) is 47.1 Å². The van der Waals surface area contributed by atoms with Gasteiger partial charge in [-0.05, 0) is 90.9 Å². The topological polar surface area (TPSA) is 133 Å². The van der Waals surface area contributed by atoms with Crippen LogP contribution < -0.4 is 0 Å². The Morgan fingerprint density at radius 3 is 2.11 bits per heavy atom. The molecular formula is C36H52O9. The molecule has 250 valence electrons. The molecule has 0 bridgehead atoms. The summed E-state index contributed by atoms with van der Waals surface area (Å²) in [5, 5.41) is 10.7. The molecular weight excluding hydrogens is 576 g/mol. The van der Waals surface area contributed by atoms with Gasteiger partial charge in [0.2, 0.25) is 0 Å². The summed E-state index contributed by atoms with van der Waals surface area (Å²) in [6.07, 6.45) is 4.55. The number of carbonyl (C=O) groups excluding carboxylic acids is 4. The van der Waals surface area contributed by atoms with E-state index >= 15 is 0 Å². The minimum atomic E-state index is -0.935. The summed E-state index contributed by atoms with van der Waals surface area (Å²) < 4.78 is 17.4. The van der Waals surface area contributed by atoms with Crippen LogP contribution in [0.15, 0.2) is 11.6 Å². The molecule has 0 aromatic rings. The molecule has 5 aliphatic carbocycles. The molecule has 45 heavy (non-hydrogen) atoms. The van der Waals surface area contributed by atoms with Gasteiger partial charge in [0, 0.05) is 32.1 Å². The Morgan fingerprint density at radius 1 is 0.889 bits per heavy atom. The highest BCUT2D eigenvalue weighted by Gasteiger charge is 2.73. The van der Waals surface area contributed by atoms with Gasteiger partial charge in [0.15, 0.2) is 5.78 Å². The maximum absolute atomic E-state index is 14.8. The molecule has 5 rings (SSSR count). The summed E-state index contributed by atoms with van der Waals surface area (Å²) >= 11 is 0. The molecule has 1 N–H and O–H groups in total.